The summed E-state index contributed by atoms with van der Waals surface area (Å²) in [4.78, 5) is 0. The van der Waals surface area contributed by atoms with Gasteiger partial charge in [-0.1, -0.05) is 36.1 Å². The number of nitrogens with one attached hydrogen (secondary N) is 2. The van der Waals surface area contributed by atoms with Crippen LogP contribution >= 0.6 is 12.4 Å². The summed E-state index contributed by atoms with van der Waals surface area (Å²) in [5.74, 6) is 6.15. The molecule has 0 saturated carbocycles. The lowest BCUT2D eigenvalue weighted by Gasteiger charge is -1.98. The highest BCUT2D eigenvalue weighted by atomic mass is 35.5. The van der Waals surface area contributed by atoms with Gasteiger partial charge in [0, 0.05) is 22.3 Å². The summed E-state index contributed by atoms with van der Waals surface area (Å²) in [5, 5.41) is 14.6. The second-order valence-electron chi connectivity index (χ2n) is 4.23. The second-order valence-corrected chi connectivity index (χ2v) is 4.23. The fourth-order valence-electron chi connectivity index (χ4n) is 1.61. The molecule has 0 saturated heterocycles. The predicted molar refractivity (Wildman–Crippen MR) is 88.1 cm³/mol. The largest absolute Gasteiger partial charge is 0.384 e. The fraction of sp³-hybridized carbons (Fsp3) is 0. The van der Waals surface area contributed by atoms with Crippen LogP contribution in [-0.2, 0) is 0 Å². The molecule has 0 unspecified atom stereocenters. The lowest BCUT2D eigenvalue weighted by molar-refractivity contribution is 1.42. The van der Waals surface area contributed by atoms with Crippen molar-refractivity contribution in [1.82, 2.24) is 0 Å². The lowest BCUT2D eigenvalue weighted by Crippen LogP contribution is -2.10. The molecule has 0 heterocycles. The zero-order chi connectivity index (χ0) is 14.5. The Kier molecular flexibility index (Phi) is 5.53. The van der Waals surface area contributed by atoms with Gasteiger partial charge in [0.2, 0.25) is 0 Å². The average molecular weight is 299 g/mol. The van der Waals surface area contributed by atoms with Gasteiger partial charge in [-0.2, -0.15) is 0 Å². The van der Waals surface area contributed by atoms with E-state index in [1.807, 2.05) is 24.3 Å². The Labute approximate surface area is 129 Å². The second kappa shape index (κ2) is 7.13. The zero-order valence-electron chi connectivity index (χ0n) is 11.2. The van der Waals surface area contributed by atoms with Gasteiger partial charge in [-0.3, -0.25) is 10.8 Å². The summed E-state index contributed by atoms with van der Waals surface area (Å²) in [6.07, 6.45) is 0. The van der Waals surface area contributed by atoms with E-state index in [1.54, 1.807) is 24.3 Å². The third kappa shape index (κ3) is 4.37. The van der Waals surface area contributed by atoms with Crippen molar-refractivity contribution in [3.8, 4) is 11.8 Å². The minimum Gasteiger partial charge on any atom is -0.384 e. The van der Waals surface area contributed by atoms with Crippen LogP contribution in [-0.4, -0.2) is 11.7 Å². The van der Waals surface area contributed by atoms with Crippen LogP contribution in [0.3, 0.4) is 0 Å². The SMILES string of the molecule is Cl.N=C(N)c1ccc(C#Cc2ccc(C(=N)N)cc2)cc1. The first kappa shape index (κ1) is 16.3. The van der Waals surface area contributed by atoms with Gasteiger partial charge in [0.25, 0.3) is 0 Å². The molecule has 0 atom stereocenters. The van der Waals surface area contributed by atoms with Crippen molar-refractivity contribution < 1.29 is 0 Å². The first-order valence-electron chi connectivity index (χ1n) is 5.97. The Bertz CT molecular complexity index is 645. The fourth-order valence-corrected chi connectivity index (χ4v) is 1.61. The van der Waals surface area contributed by atoms with Gasteiger partial charge in [-0.05, 0) is 24.3 Å². The van der Waals surface area contributed by atoms with Gasteiger partial charge in [-0.25, -0.2) is 0 Å². The standard InChI is InChI=1S/C16H14N4.ClH/c17-15(18)13-7-3-11(4-8-13)1-2-12-5-9-14(10-6-12)16(19)20;/h3-10H,(H3,17,18)(H3,19,20);1H. The van der Waals surface area contributed by atoms with Crippen molar-refractivity contribution >= 4 is 24.1 Å². The van der Waals surface area contributed by atoms with Gasteiger partial charge in [-0.15, -0.1) is 12.4 Å². The Morgan fingerprint density at radius 2 is 0.952 bits per heavy atom. The molecule has 4 nitrogen and oxygen atoms in total. The molecule has 0 fully saturated rings. The molecule has 0 radical (unpaired) electrons. The summed E-state index contributed by atoms with van der Waals surface area (Å²) >= 11 is 0. The van der Waals surface area contributed by atoms with Crippen LogP contribution in [0.1, 0.15) is 22.3 Å². The molecular weight excluding hydrogens is 284 g/mol. The zero-order valence-corrected chi connectivity index (χ0v) is 12.0. The van der Waals surface area contributed by atoms with E-state index in [0.717, 1.165) is 11.1 Å². The molecule has 0 bridgehead atoms. The van der Waals surface area contributed by atoms with Crippen LogP contribution in [0, 0.1) is 22.7 Å². The molecular formula is C16H15ClN4. The van der Waals surface area contributed by atoms with Crippen molar-refractivity contribution in [2.24, 2.45) is 11.5 Å². The monoisotopic (exact) mass is 298 g/mol. The van der Waals surface area contributed by atoms with Crippen molar-refractivity contribution in [1.29, 1.82) is 10.8 Å². The number of hydrogen-bond acceptors (Lipinski definition) is 2. The lowest BCUT2D eigenvalue weighted by atomic mass is 10.1. The molecule has 0 spiro atoms. The minimum atomic E-state index is 0. The molecule has 0 aromatic heterocycles. The van der Waals surface area contributed by atoms with Gasteiger partial charge in [0.05, 0.1) is 0 Å². The predicted octanol–water partition coefficient (Wildman–Crippen LogP) is 2.08. The van der Waals surface area contributed by atoms with Crippen LogP contribution in [0.15, 0.2) is 48.5 Å². The highest BCUT2D eigenvalue weighted by Crippen LogP contribution is 2.05. The van der Waals surface area contributed by atoms with Crippen molar-refractivity contribution in [3.63, 3.8) is 0 Å². The summed E-state index contributed by atoms with van der Waals surface area (Å²) < 4.78 is 0. The van der Waals surface area contributed by atoms with Crippen LogP contribution in [0.4, 0.5) is 0 Å². The van der Waals surface area contributed by atoms with Gasteiger partial charge < -0.3 is 11.5 Å². The molecule has 21 heavy (non-hydrogen) atoms. The summed E-state index contributed by atoms with van der Waals surface area (Å²) in [7, 11) is 0. The van der Waals surface area contributed by atoms with Crippen molar-refractivity contribution in [2.75, 3.05) is 0 Å². The van der Waals surface area contributed by atoms with Crippen LogP contribution < -0.4 is 11.5 Å². The summed E-state index contributed by atoms with van der Waals surface area (Å²) in [6.45, 7) is 0. The highest BCUT2D eigenvalue weighted by molar-refractivity contribution is 5.95. The van der Waals surface area contributed by atoms with E-state index in [0.29, 0.717) is 11.1 Å². The molecule has 2 rings (SSSR count). The van der Waals surface area contributed by atoms with E-state index in [2.05, 4.69) is 11.8 Å². The number of nitrogens with two attached hydrogens (primary N) is 2. The van der Waals surface area contributed by atoms with E-state index < -0.39 is 0 Å². The highest BCUT2D eigenvalue weighted by Gasteiger charge is 1.96. The third-order valence-electron chi connectivity index (χ3n) is 2.74. The van der Waals surface area contributed by atoms with Crippen LogP contribution in [0.5, 0.6) is 0 Å². The number of nitrogen functional groups attached to an aromatic ring is 2. The number of benzene rings is 2. The molecule has 6 N–H and O–H groups in total. The molecule has 0 aliphatic rings. The minimum absolute atomic E-state index is 0. The third-order valence-corrected chi connectivity index (χ3v) is 2.74. The quantitative estimate of drug-likeness (QED) is 0.388. The molecule has 2 aromatic rings. The van der Waals surface area contributed by atoms with E-state index in [1.165, 1.54) is 0 Å². The molecule has 0 aliphatic heterocycles. The van der Waals surface area contributed by atoms with E-state index in [9.17, 15) is 0 Å². The van der Waals surface area contributed by atoms with Crippen LogP contribution in [0.2, 0.25) is 0 Å². The molecule has 106 valence electrons. The number of amidine groups is 2. The molecule has 0 aliphatic carbocycles. The van der Waals surface area contributed by atoms with E-state index >= 15 is 0 Å². The summed E-state index contributed by atoms with van der Waals surface area (Å²) in [6, 6.07) is 14.4. The van der Waals surface area contributed by atoms with Crippen molar-refractivity contribution in [2.45, 2.75) is 0 Å². The maximum atomic E-state index is 7.31. The Balaban J connectivity index is 0.00000220. The van der Waals surface area contributed by atoms with Crippen molar-refractivity contribution in [3.05, 3.63) is 70.8 Å². The smallest absolute Gasteiger partial charge is 0.122 e. The molecule has 2 aromatic carbocycles. The number of hydrogen-bond donors (Lipinski definition) is 4. The number of rotatable bonds is 2. The topological polar surface area (TPSA) is 99.7 Å². The normalized spacial score (nSPS) is 8.95. The number of halogens is 1. The molecule has 0 amide bonds. The first-order chi connectivity index (χ1) is 9.56. The van der Waals surface area contributed by atoms with Gasteiger partial charge >= 0.3 is 0 Å². The Morgan fingerprint density at radius 1 is 0.667 bits per heavy atom. The first-order valence-corrected chi connectivity index (χ1v) is 5.97. The van der Waals surface area contributed by atoms with Gasteiger partial charge in [0.15, 0.2) is 0 Å². The Morgan fingerprint density at radius 3 is 1.19 bits per heavy atom. The average Bonchev–Trinajstić information content (AvgIpc) is 2.46. The van der Waals surface area contributed by atoms with Gasteiger partial charge in [0.1, 0.15) is 11.7 Å². The maximum absolute atomic E-state index is 7.31. The maximum Gasteiger partial charge on any atom is 0.122 e. The van der Waals surface area contributed by atoms with E-state index in [-0.39, 0.29) is 24.1 Å². The molecule has 5 heteroatoms. The Hall–Kier alpha value is -2.77. The van der Waals surface area contributed by atoms with Crippen LogP contribution in [0.25, 0.3) is 0 Å². The summed E-state index contributed by atoms with van der Waals surface area (Å²) in [5.41, 5.74) is 13.8. The van der Waals surface area contributed by atoms with E-state index in [4.69, 9.17) is 22.3 Å².